The molecule has 0 aliphatic heterocycles. The van der Waals surface area contributed by atoms with Gasteiger partial charge in [0.05, 0.1) is 18.4 Å². The minimum absolute atomic E-state index is 0.0355. The summed E-state index contributed by atoms with van der Waals surface area (Å²) in [5, 5.41) is 6.63. The molecule has 1 aromatic heterocycles. The first-order chi connectivity index (χ1) is 8.38. The molecule has 0 atom stereocenters. The molecule has 0 spiro atoms. The number of likely N-dealkylation sites (N-methyl/N-ethyl adjacent to an activating group) is 1. The van der Waals surface area contributed by atoms with E-state index >= 15 is 0 Å². The lowest BCUT2D eigenvalue weighted by Gasteiger charge is -2.17. The second kappa shape index (κ2) is 6.04. The minimum Gasteiger partial charge on any atom is -0.396 e. The third-order valence-electron chi connectivity index (χ3n) is 2.21. The number of carbonyl (C=O) groups excluding carboxylic acids is 2. The van der Waals surface area contributed by atoms with Crippen molar-refractivity contribution in [3.63, 3.8) is 0 Å². The van der Waals surface area contributed by atoms with Gasteiger partial charge in [-0.05, 0) is 13.8 Å². The van der Waals surface area contributed by atoms with E-state index < -0.39 is 0 Å². The number of nitrogens with two attached hydrogens (primary N) is 1. The summed E-state index contributed by atoms with van der Waals surface area (Å²) in [6.07, 6.45) is 3.04. The molecule has 0 radical (unpaired) electrons. The van der Waals surface area contributed by atoms with Gasteiger partial charge in [-0.15, -0.1) is 0 Å². The van der Waals surface area contributed by atoms with Gasteiger partial charge in [0, 0.05) is 19.3 Å². The fourth-order valence-corrected chi connectivity index (χ4v) is 1.40. The van der Waals surface area contributed by atoms with Gasteiger partial charge in [-0.1, -0.05) is 0 Å². The summed E-state index contributed by atoms with van der Waals surface area (Å²) in [5.74, 6) is -0.377. The second-order valence-corrected chi connectivity index (χ2v) is 4.44. The van der Waals surface area contributed by atoms with Crippen LogP contribution in [0.3, 0.4) is 0 Å². The van der Waals surface area contributed by atoms with Gasteiger partial charge in [0.25, 0.3) is 0 Å². The topological polar surface area (TPSA) is 93.2 Å². The molecule has 18 heavy (non-hydrogen) atoms. The van der Waals surface area contributed by atoms with Crippen LogP contribution in [0.25, 0.3) is 0 Å². The number of aromatic nitrogens is 2. The van der Waals surface area contributed by atoms with E-state index in [0.717, 1.165) is 0 Å². The number of hydrogen-bond acceptors (Lipinski definition) is 4. The Hall–Kier alpha value is -2.05. The Morgan fingerprint density at radius 3 is 2.72 bits per heavy atom. The largest absolute Gasteiger partial charge is 0.396 e. The summed E-state index contributed by atoms with van der Waals surface area (Å²) in [5.41, 5.74) is 6.00. The van der Waals surface area contributed by atoms with Crippen LogP contribution in [0.4, 0.5) is 5.69 Å². The number of rotatable bonds is 5. The molecular formula is C11H19N5O2. The Balaban J connectivity index is 2.44. The molecule has 1 rings (SSSR count). The average molecular weight is 253 g/mol. The molecule has 0 aliphatic rings. The third-order valence-corrected chi connectivity index (χ3v) is 2.21. The highest BCUT2D eigenvalue weighted by molar-refractivity contribution is 5.84. The zero-order chi connectivity index (χ0) is 13.7. The van der Waals surface area contributed by atoms with E-state index in [1.54, 1.807) is 13.2 Å². The first-order valence-corrected chi connectivity index (χ1v) is 5.69. The molecule has 1 heterocycles. The maximum Gasteiger partial charge on any atom is 0.244 e. The quantitative estimate of drug-likeness (QED) is 0.736. The SMILES string of the molecule is CC(C)NC(=O)CN(C)C(=O)Cn1cc(N)cn1. The van der Waals surface area contributed by atoms with Gasteiger partial charge in [0.1, 0.15) is 6.54 Å². The highest BCUT2D eigenvalue weighted by Crippen LogP contribution is 1.98. The Morgan fingerprint density at radius 1 is 1.56 bits per heavy atom. The maximum atomic E-state index is 11.8. The molecule has 7 heteroatoms. The summed E-state index contributed by atoms with van der Waals surface area (Å²) < 4.78 is 1.44. The van der Waals surface area contributed by atoms with E-state index in [1.165, 1.54) is 15.8 Å². The van der Waals surface area contributed by atoms with Crippen LogP contribution in [0, 0.1) is 0 Å². The van der Waals surface area contributed by atoms with Gasteiger partial charge >= 0.3 is 0 Å². The number of anilines is 1. The lowest BCUT2D eigenvalue weighted by molar-refractivity contribution is -0.135. The summed E-state index contributed by atoms with van der Waals surface area (Å²) >= 11 is 0. The van der Waals surface area contributed by atoms with Crippen LogP contribution in [0.1, 0.15) is 13.8 Å². The molecule has 0 unspecified atom stereocenters. The standard InChI is InChI=1S/C11H19N5O2/c1-8(2)14-10(17)6-15(3)11(18)7-16-5-9(12)4-13-16/h4-5,8H,6-7,12H2,1-3H3,(H,14,17). The summed E-state index contributed by atoms with van der Waals surface area (Å²) in [7, 11) is 1.58. The lowest BCUT2D eigenvalue weighted by atomic mass is 10.3. The maximum absolute atomic E-state index is 11.8. The number of amides is 2. The molecular weight excluding hydrogens is 234 g/mol. The van der Waals surface area contributed by atoms with Gasteiger partial charge in [-0.3, -0.25) is 14.3 Å². The van der Waals surface area contributed by atoms with E-state index in [0.29, 0.717) is 5.69 Å². The van der Waals surface area contributed by atoms with Crippen molar-refractivity contribution in [1.82, 2.24) is 20.0 Å². The molecule has 1 aromatic rings. The first kappa shape index (κ1) is 14.0. The molecule has 0 saturated heterocycles. The van der Waals surface area contributed by atoms with Crippen molar-refractivity contribution >= 4 is 17.5 Å². The third kappa shape index (κ3) is 4.44. The smallest absolute Gasteiger partial charge is 0.244 e. The minimum atomic E-state index is -0.197. The van der Waals surface area contributed by atoms with Crippen LogP contribution >= 0.6 is 0 Å². The Labute approximate surface area is 106 Å². The van der Waals surface area contributed by atoms with Crippen molar-refractivity contribution in [3.05, 3.63) is 12.4 Å². The number of carbonyl (C=O) groups is 2. The van der Waals surface area contributed by atoms with Gasteiger partial charge < -0.3 is 16.0 Å². The number of nitrogens with one attached hydrogen (secondary N) is 1. The Bertz CT molecular complexity index is 427. The second-order valence-electron chi connectivity index (χ2n) is 4.44. The average Bonchev–Trinajstić information content (AvgIpc) is 2.62. The number of nitrogens with zero attached hydrogens (tertiary/aromatic N) is 3. The summed E-state index contributed by atoms with van der Waals surface area (Å²) in [6.45, 7) is 3.84. The fourth-order valence-electron chi connectivity index (χ4n) is 1.40. The van der Waals surface area contributed by atoms with Crippen molar-refractivity contribution in [3.8, 4) is 0 Å². The van der Waals surface area contributed by atoms with E-state index in [-0.39, 0.29) is 30.9 Å². The van der Waals surface area contributed by atoms with Crippen LogP contribution < -0.4 is 11.1 Å². The van der Waals surface area contributed by atoms with Crippen LogP contribution in [0.15, 0.2) is 12.4 Å². The zero-order valence-corrected chi connectivity index (χ0v) is 10.9. The van der Waals surface area contributed by atoms with Crippen LogP contribution in [-0.4, -0.2) is 46.1 Å². The predicted molar refractivity (Wildman–Crippen MR) is 67.6 cm³/mol. The van der Waals surface area contributed by atoms with Crippen molar-refractivity contribution in [2.75, 3.05) is 19.3 Å². The molecule has 0 saturated carbocycles. The van der Waals surface area contributed by atoms with Gasteiger partial charge in [-0.2, -0.15) is 5.10 Å². The van der Waals surface area contributed by atoms with E-state index in [9.17, 15) is 9.59 Å². The van der Waals surface area contributed by atoms with Crippen molar-refractivity contribution < 1.29 is 9.59 Å². The van der Waals surface area contributed by atoms with Crippen LogP contribution in [-0.2, 0) is 16.1 Å². The first-order valence-electron chi connectivity index (χ1n) is 5.69. The predicted octanol–water partition coefficient (Wildman–Crippen LogP) is -0.552. The van der Waals surface area contributed by atoms with E-state index in [1.807, 2.05) is 13.8 Å². The van der Waals surface area contributed by atoms with E-state index in [4.69, 9.17) is 5.73 Å². The zero-order valence-electron chi connectivity index (χ0n) is 10.9. The number of hydrogen-bond donors (Lipinski definition) is 2. The molecule has 7 nitrogen and oxygen atoms in total. The monoisotopic (exact) mass is 253 g/mol. The molecule has 0 aromatic carbocycles. The van der Waals surface area contributed by atoms with Crippen molar-refractivity contribution in [1.29, 1.82) is 0 Å². The fraction of sp³-hybridized carbons (Fsp3) is 0.545. The Kier molecular flexibility index (Phi) is 4.70. The molecule has 2 amide bonds. The molecule has 0 fully saturated rings. The van der Waals surface area contributed by atoms with E-state index in [2.05, 4.69) is 10.4 Å². The number of nitrogen functional groups attached to an aromatic ring is 1. The molecule has 3 N–H and O–H groups in total. The highest BCUT2D eigenvalue weighted by Gasteiger charge is 2.14. The highest BCUT2D eigenvalue weighted by atomic mass is 16.2. The molecule has 0 bridgehead atoms. The normalized spacial score (nSPS) is 10.4. The van der Waals surface area contributed by atoms with Crippen molar-refractivity contribution in [2.24, 2.45) is 0 Å². The Morgan fingerprint density at radius 2 is 2.22 bits per heavy atom. The van der Waals surface area contributed by atoms with Gasteiger partial charge in [-0.25, -0.2) is 0 Å². The lowest BCUT2D eigenvalue weighted by Crippen LogP contribution is -2.41. The molecule has 100 valence electrons. The van der Waals surface area contributed by atoms with Crippen LogP contribution in [0.5, 0.6) is 0 Å². The van der Waals surface area contributed by atoms with Crippen LogP contribution in [0.2, 0.25) is 0 Å². The van der Waals surface area contributed by atoms with Crippen molar-refractivity contribution in [2.45, 2.75) is 26.4 Å². The summed E-state index contributed by atoms with van der Waals surface area (Å²) in [4.78, 5) is 24.6. The summed E-state index contributed by atoms with van der Waals surface area (Å²) in [6, 6.07) is 0.0620. The van der Waals surface area contributed by atoms with Gasteiger partial charge in [0.2, 0.25) is 11.8 Å². The molecule has 0 aliphatic carbocycles. The van der Waals surface area contributed by atoms with Gasteiger partial charge in [0.15, 0.2) is 0 Å².